The maximum Gasteiger partial charge on any atom is 0.337 e. The molecule has 3 atom stereocenters. The van der Waals surface area contributed by atoms with E-state index in [0.717, 1.165) is 20.1 Å². The topological polar surface area (TPSA) is 85.8 Å². The number of ketones is 1. The first-order chi connectivity index (χ1) is 16.9. The lowest BCUT2D eigenvalue weighted by Gasteiger charge is -2.41. The SMILES string of the molecule is CC(=O)C(C(=O)OC(C)(C)C)N1C[C@H](SSc2cccc3sc([C@@H](C)O[Si](C)(C)C(C)(C)C)nc23)C1=O. The number of nitrogens with zero attached hydrogens (tertiary/aromatic N) is 2. The van der Waals surface area contributed by atoms with E-state index in [1.165, 1.54) is 33.4 Å². The Morgan fingerprint density at radius 3 is 2.38 bits per heavy atom. The Kier molecular flexibility index (Phi) is 8.96. The van der Waals surface area contributed by atoms with E-state index in [2.05, 4.69) is 46.9 Å². The van der Waals surface area contributed by atoms with Gasteiger partial charge >= 0.3 is 5.97 Å². The number of β-lactam (4-membered cyclic amide) rings is 1. The van der Waals surface area contributed by atoms with Crippen molar-refractivity contribution in [2.75, 3.05) is 6.54 Å². The standard InChI is InChI=1S/C26H38N2O5S3Si/c1-15(29)21(24(31)32-25(3,4)5)28-14-19(23(28)30)36-35-18-13-11-12-17-20(18)27-22(34-17)16(2)33-37(9,10)26(6,7)8/h11-13,16,19,21H,14H2,1-10H3/t16-,19+,21?/m1/s1. The summed E-state index contributed by atoms with van der Waals surface area (Å²) < 4.78 is 13.0. The average molecular weight is 583 g/mol. The molecule has 11 heteroatoms. The summed E-state index contributed by atoms with van der Waals surface area (Å²) in [5.74, 6) is -1.31. The molecule has 0 N–H and O–H groups in total. The molecular weight excluding hydrogens is 545 g/mol. The Morgan fingerprint density at radius 2 is 1.84 bits per heavy atom. The zero-order chi connectivity index (χ0) is 27.9. The monoisotopic (exact) mass is 582 g/mol. The van der Waals surface area contributed by atoms with Crippen molar-refractivity contribution in [2.45, 2.75) is 101 Å². The van der Waals surface area contributed by atoms with E-state index < -0.39 is 31.7 Å². The van der Waals surface area contributed by atoms with Crippen molar-refractivity contribution in [3.63, 3.8) is 0 Å². The Morgan fingerprint density at radius 1 is 1.19 bits per heavy atom. The molecule has 1 aromatic heterocycles. The molecule has 1 fully saturated rings. The first-order valence-corrected chi connectivity index (χ1v) is 18.3. The number of hydrogen-bond acceptors (Lipinski definition) is 9. The summed E-state index contributed by atoms with van der Waals surface area (Å²) in [4.78, 5) is 44.8. The molecule has 2 heterocycles. The van der Waals surface area contributed by atoms with E-state index in [0.29, 0.717) is 6.54 Å². The summed E-state index contributed by atoms with van der Waals surface area (Å²) in [5, 5.41) is 0.720. The molecule has 204 valence electrons. The van der Waals surface area contributed by atoms with Gasteiger partial charge in [-0.15, -0.1) is 11.3 Å². The fourth-order valence-corrected chi connectivity index (χ4v) is 8.55. The lowest BCUT2D eigenvalue weighted by Crippen LogP contribution is -2.63. The summed E-state index contributed by atoms with van der Waals surface area (Å²) in [5.41, 5.74) is 0.172. The first kappa shape index (κ1) is 30.1. The minimum atomic E-state index is -1.94. The van der Waals surface area contributed by atoms with Gasteiger partial charge in [0.1, 0.15) is 15.9 Å². The van der Waals surface area contributed by atoms with Gasteiger partial charge in [0.05, 0.1) is 16.3 Å². The summed E-state index contributed by atoms with van der Waals surface area (Å²) >= 11 is 1.64. The van der Waals surface area contributed by atoms with E-state index in [1.54, 1.807) is 32.1 Å². The Hall–Kier alpha value is -1.40. The van der Waals surface area contributed by atoms with Crippen LogP contribution in [0.15, 0.2) is 23.1 Å². The summed E-state index contributed by atoms with van der Waals surface area (Å²) in [6.45, 7) is 20.1. The number of aromatic nitrogens is 1. The molecule has 0 radical (unpaired) electrons. The van der Waals surface area contributed by atoms with Crippen LogP contribution in [0.5, 0.6) is 0 Å². The van der Waals surface area contributed by atoms with E-state index >= 15 is 0 Å². The number of fused-ring (bicyclic) bond motifs is 1. The highest BCUT2D eigenvalue weighted by Gasteiger charge is 2.47. The van der Waals surface area contributed by atoms with Crippen LogP contribution >= 0.6 is 32.9 Å². The molecule has 7 nitrogen and oxygen atoms in total. The van der Waals surface area contributed by atoms with Gasteiger partial charge in [-0.05, 0) is 64.9 Å². The number of hydrogen-bond donors (Lipinski definition) is 0. The number of amides is 1. The van der Waals surface area contributed by atoms with Gasteiger partial charge in [0.15, 0.2) is 20.1 Å². The number of ether oxygens (including phenoxy) is 1. The van der Waals surface area contributed by atoms with Crippen molar-refractivity contribution in [3.05, 3.63) is 23.2 Å². The minimum absolute atomic E-state index is 0.0954. The van der Waals surface area contributed by atoms with Crippen molar-refractivity contribution < 1.29 is 23.5 Å². The van der Waals surface area contributed by atoms with Crippen molar-refractivity contribution in [2.24, 2.45) is 0 Å². The number of esters is 1. The number of para-hydroxylation sites is 1. The molecule has 2 aromatic rings. The molecule has 3 rings (SSSR count). The normalized spacial score (nSPS) is 18.5. The van der Waals surface area contributed by atoms with Crippen LogP contribution in [-0.2, 0) is 23.5 Å². The van der Waals surface area contributed by atoms with Gasteiger partial charge in [-0.25, -0.2) is 9.78 Å². The smallest absolute Gasteiger partial charge is 0.337 e. The van der Waals surface area contributed by atoms with Gasteiger partial charge in [-0.3, -0.25) is 9.59 Å². The molecule has 37 heavy (non-hydrogen) atoms. The molecule has 0 spiro atoms. The zero-order valence-electron chi connectivity index (χ0n) is 23.3. The van der Waals surface area contributed by atoms with Gasteiger partial charge in [-0.2, -0.15) is 0 Å². The molecule has 0 bridgehead atoms. The number of Topliss-reactive ketones (excluding diaryl/α,β-unsaturated/α-hetero) is 1. The third-order valence-electron chi connectivity index (χ3n) is 6.53. The van der Waals surface area contributed by atoms with Crippen molar-refractivity contribution in [1.82, 2.24) is 9.88 Å². The van der Waals surface area contributed by atoms with Crippen molar-refractivity contribution in [1.29, 1.82) is 0 Å². The van der Waals surface area contributed by atoms with Gasteiger partial charge in [0.25, 0.3) is 0 Å². The van der Waals surface area contributed by atoms with Crippen LogP contribution in [0.1, 0.15) is 66.5 Å². The number of thiazole rings is 1. The van der Waals surface area contributed by atoms with Gasteiger partial charge < -0.3 is 14.1 Å². The molecule has 1 amide bonds. The zero-order valence-corrected chi connectivity index (χ0v) is 26.8. The molecule has 1 aromatic carbocycles. The molecule has 1 aliphatic rings. The lowest BCUT2D eigenvalue weighted by molar-refractivity contribution is -0.170. The molecule has 0 saturated carbocycles. The maximum absolute atomic E-state index is 12.9. The van der Waals surface area contributed by atoms with Crippen LogP contribution in [0.2, 0.25) is 18.1 Å². The van der Waals surface area contributed by atoms with Crippen LogP contribution in [0, 0.1) is 0 Å². The van der Waals surface area contributed by atoms with E-state index in [4.69, 9.17) is 14.1 Å². The average Bonchev–Trinajstić information content (AvgIpc) is 3.18. The number of carbonyl (C=O) groups is 3. The van der Waals surface area contributed by atoms with Crippen LogP contribution in [0.4, 0.5) is 0 Å². The maximum atomic E-state index is 12.9. The molecule has 1 saturated heterocycles. The fourth-order valence-electron chi connectivity index (χ4n) is 3.55. The number of carbonyl (C=O) groups excluding carboxylic acids is 3. The van der Waals surface area contributed by atoms with E-state index in [-0.39, 0.29) is 22.3 Å². The Labute approximate surface area is 233 Å². The third kappa shape index (κ3) is 6.98. The highest BCUT2D eigenvalue weighted by atomic mass is 33.1. The summed E-state index contributed by atoms with van der Waals surface area (Å²) in [7, 11) is 0.995. The minimum Gasteiger partial charge on any atom is -0.458 e. The highest BCUT2D eigenvalue weighted by Crippen LogP contribution is 2.44. The molecule has 1 aliphatic heterocycles. The largest absolute Gasteiger partial charge is 0.458 e. The van der Waals surface area contributed by atoms with Gasteiger partial charge in [0, 0.05) is 11.4 Å². The second-order valence-electron chi connectivity index (χ2n) is 11.9. The number of likely N-dealkylation sites (tertiary alicyclic amines) is 1. The fraction of sp³-hybridized carbons (Fsp3) is 0.615. The van der Waals surface area contributed by atoms with E-state index in [1.807, 2.05) is 12.1 Å². The Balaban J connectivity index is 1.68. The number of rotatable bonds is 9. The van der Waals surface area contributed by atoms with Crippen molar-refractivity contribution in [3.8, 4) is 0 Å². The van der Waals surface area contributed by atoms with Crippen LogP contribution in [-0.4, -0.2) is 59.3 Å². The first-order valence-electron chi connectivity index (χ1n) is 12.4. The van der Waals surface area contributed by atoms with Crippen LogP contribution in [0.25, 0.3) is 10.2 Å². The predicted molar refractivity (Wildman–Crippen MR) is 156 cm³/mol. The van der Waals surface area contributed by atoms with Crippen molar-refractivity contribution >= 4 is 69.1 Å². The molecule has 1 unspecified atom stereocenters. The second kappa shape index (κ2) is 11.0. The summed E-state index contributed by atoms with van der Waals surface area (Å²) in [6.07, 6.45) is -0.0954. The van der Waals surface area contributed by atoms with Crippen LogP contribution < -0.4 is 0 Å². The highest BCUT2D eigenvalue weighted by molar-refractivity contribution is 8.77. The lowest BCUT2D eigenvalue weighted by atomic mass is 10.1. The van der Waals surface area contributed by atoms with E-state index in [9.17, 15) is 14.4 Å². The molecular formula is C26H38N2O5S3Si. The summed E-state index contributed by atoms with van der Waals surface area (Å²) in [6, 6.07) is 4.86. The quantitative estimate of drug-likeness (QED) is 0.107. The Bertz CT molecular complexity index is 1190. The predicted octanol–water partition coefficient (Wildman–Crippen LogP) is 6.63. The van der Waals surface area contributed by atoms with Gasteiger partial charge in [-0.1, -0.05) is 48.4 Å². The van der Waals surface area contributed by atoms with Gasteiger partial charge in [0.2, 0.25) is 5.91 Å². The molecule has 0 aliphatic carbocycles. The second-order valence-corrected chi connectivity index (χ2v) is 20.1. The third-order valence-corrected chi connectivity index (χ3v) is 15.0. The van der Waals surface area contributed by atoms with Crippen LogP contribution in [0.3, 0.4) is 0 Å². The number of benzene rings is 1.